The Kier molecular flexibility index (Phi) is 6.82. The lowest BCUT2D eigenvalue weighted by molar-refractivity contribution is 0.155. The van der Waals surface area contributed by atoms with Gasteiger partial charge in [0.05, 0.1) is 0 Å². The van der Waals surface area contributed by atoms with E-state index < -0.39 is 0 Å². The van der Waals surface area contributed by atoms with Crippen molar-refractivity contribution in [3.8, 4) is 0 Å². The van der Waals surface area contributed by atoms with E-state index in [1.54, 1.807) is 0 Å². The fourth-order valence-corrected chi connectivity index (χ4v) is 2.62. The van der Waals surface area contributed by atoms with Crippen molar-refractivity contribution in [1.29, 1.82) is 0 Å². The summed E-state index contributed by atoms with van der Waals surface area (Å²) < 4.78 is 0. The molecule has 1 fully saturated rings. The first-order chi connectivity index (χ1) is 8.83. The molecule has 0 heterocycles. The Morgan fingerprint density at radius 1 is 1.16 bits per heavy atom. The van der Waals surface area contributed by atoms with Crippen molar-refractivity contribution in [2.45, 2.75) is 91.3 Å². The summed E-state index contributed by atoms with van der Waals surface area (Å²) in [6.07, 6.45) is 6.81. The summed E-state index contributed by atoms with van der Waals surface area (Å²) >= 11 is 0. The largest absolute Gasteiger partial charge is 0.311 e. The summed E-state index contributed by atoms with van der Waals surface area (Å²) in [5, 5.41) is 3.72. The monoisotopic (exact) mass is 268 g/mol. The molecule has 0 radical (unpaired) electrons. The molecule has 0 aromatic rings. The highest BCUT2D eigenvalue weighted by Gasteiger charge is 2.33. The quantitative estimate of drug-likeness (QED) is 0.678. The predicted octanol–water partition coefficient (Wildman–Crippen LogP) is 4.05. The van der Waals surface area contributed by atoms with E-state index in [9.17, 15) is 0 Å². The van der Waals surface area contributed by atoms with Crippen LogP contribution in [0.25, 0.3) is 0 Å². The van der Waals surface area contributed by atoms with Crippen LogP contribution in [0.15, 0.2) is 0 Å². The molecule has 2 heteroatoms. The SMILES string of the molecule is CCCC(CNC(C)(C)C)N(CCC(C)C)C1CC1. The fourth-order valence-electron chi connectivity index (χ4n) is 2.62. The average Bonchev–Trinajstić information content (AvgIpc) is 3.08. The molecule has 1 atom stereocenters. The van der Waals surface area contributed by atoms with Crippen molar-refractivity contribution >= 4 is 0 Å². The van der Waals surface area contributed by atoms with Gasteiger partial charge in [0.15, 0.2) is 0 Å². The molecule has 0 spiro atoms. The smallest absolute Gasteiger partial charge is 0.0223 e. The lowest BCUT2D eigenvalue weighted by Gasteiger charge is -2.35. The molecule has 114 valence electrons. The van der Waals surface area contributed by atoms with Crippen LogP contribution < -0.4 is 5.32 Å². The number of rotatable bonds is 9. The Balaban J connectivity index is 2.53. The number of hydrogen-bond donors (Lipinski definition) is 1. The standard InChI is InChI=1S/C17H36N2/c1-7-8-16(13-18-17(4,5)6)19(15-9-10-15)12-11-14(2)3/h14-16,18H,7-13H2,1-6H3. The number of hydrogen-bond acceptors (Lipinski definition) is 2. The molecule has 1 aliphatic rings. The third-order valence-electron chi connectivity index (χ3n) is 3.94. The van der Waals surface area contributed by atoms with Crippen molar-refractivity contribution in [2.75, 3.05) is 13.1 Å². The minimum atomic E-state index is 0.235. The minimum absolute atomic E-state index is 0.235. The van der Waals surface area contributed by atoms with Crippen molar-refractivity contribution in [3.63, 3.8) is 0 Å². The number of nitrogens with zero attached hydrogens (tertiary/aromatic N) is 1. The zero-order chi connectivity index (χ0) is 14.5. The van der Waals surface area contributed by atoms with Gasteiger partial charge in [0, 0.05) is 24.2 Å². The molecule has 1 saturated carbocycles. The van der Waals surface area contributed by atoms with Crippen molar-refractivity contribution < 1.29 is 0 Å². The molecule has 19 heavy (non-hydrogen) atoms. The average molecular weight is 268 g/mol. The topological polar surface area (TPSA) is 15.3 Å². The third-order valence-corrected chi connectivity index (χ3v) is 3.94. The van der Waals surface area contributed by atoms with E-state index >= 15 is 0 Å². The number of nitrogens with one attached hydrogen (secondary N) is 1. The van der Waals surface area contributed by atoms with Crippen molar-refractivity contribution in [1.82, 2.24) is 10.2 Å². The Labute approximate surface area is 121 Å². The van der Waals surface area contributed by atoms with Gasteiger partial charge >= 0.3 is 0 Å². The van der Waals surface area contributed by atoms with Gasteiger partial charge in [0.1, 0.15) is 0 Å². The maximum Gasteiger partial charge on any atom is 0.0223 e. The van der Waals surface area contributed by atoms with Crippen LogP contribution in [0.2, 0.25) is 0 Å². The Morgan fingerprint density at radius 3 is 2.21 bits per heavy atom. The van der Waals surface area contributed by atoms with E-state index in [2.05, 4.69) is 51.8 Å². The summed E-state index contributed by atoms with van der Waals surface area (Å²) in [4.78, 5) is 2.81. The molecule has 0 amide bonds. The van der Waals surface area contributed by atoms with Gasteiger partial charge in [0.25, 0.3) is 0 Å². The second-order valence-electron chi connectivity index (χ2n) is 7.72. The van der Waals surface area contributed by atoms with E-state index in [0.717, 1.165) is 24.5 Å². The van der Waals surface area contributed by atoms with Crippen LogP contribution in [0, 0.1) is 5.92 Å². The lowest BCUT2D eigenvalue weighted by atomic mass is 10.0. The van der Waals surface area contributed by atoms with Crippen LogP contribution in [-0.4, -0.2) is 35.6 Å². The minimum Gasteiger partial charge on any atom is -0.311 e. The summed E-state index contributed by atoms with van der Waals surface area (Å²) in [5.41, 5.74) is 0.235. The highest BCUT2D eigenvalue weighted by atomic mass is 15.2. The van der Waals surface area contributed by atoms with Gasteiger partial charge in [-0.1, -0.05) is 27.2 Å². The van der Waals surface area contributed by atoms with E-state index in [-0.39, 0.29) is 5.54 Å². The highest BCUT2D eigenvalue weighted by molar-refractivity contribution is 4.90. The van der Waals surface area contributed by atoms with Gasteiger partial charge in [-0.2, -0.15) is 0 Å². The summed E-state index contributed by atoms with van der Waals surface area (Å²) in [6, 6.07) is 1.62. The molecule has 2 nitrogen and oxygen atoms in total. The Morgan fingerprint density at radius 2 is 1.79 bits per heavy atom. The van der Waals surface area contributed by atoms with E-state index in [1.807, 2.05) is 0 Å². The highest BCUT2D eigenvalue weighted by Crippen LogP contribution is 2.30. The Bertz CT molecular complexity index is 238. The lowest BCUT2D eigenvalue weighted by Crippen LogP contribution is -2.48. The van der Waals surface area contributed by atoms with Gasteiger partial charge in [-0.15, -0.1) is 0 Å². The first-order valence-corrected chi connectivity index (χ1v) is 8.34. The van der Waals surface area contributed by atoms with Gasteiger partial charge in [-0.25, -0.2) is 0 Å². The van der Waals surface area contributed by atoms with E-state index in [4.69, 9.17) is 0 Å². The molecule has 0 aromatic heterocycles. The summed E-state index contributed by atoms with van der Waals surface area (Å²) in [7, 11) is 0. The van der Waals surface area contributed by atoms with Crippen LogP contribution in [0.1, 0.15) is 73.6 Å². The van der Waals surface area contributed by atoms with Gasteiger partial charge < -0.3 is 5.32 Å². The molecule has 0 bridgehead atoms. The summed E-state index contributed by atoms with van der Waals surface area (Å²) in [5.74, 6) is 0.819. The molecule has 1 unspecified atom stereocenters. The zero-order valence-electron chi connectivity index (χ0n) is 14.1. The van der Waals surface area contributed by atoms with Gasteiger partial charge in [-0.3, -0.25) is 4.90 Å². The van der Waals surface area contributed by atoms with E-state index in [1.165, 1.54) is 38.6 Å². The molecule has 0 aliphatic heterocycles. The zero-order valence-corrected chi connectivity index (χ0v) is 14.1. The Hall–Kier alpha value is -0.0800. The molecule has 1 aliphatic carbocycles. The fraction of sp³-hybridized carbons (Fsp3) is 1.00. The van der Waals surface area contributed by atoms with Crippen LogP contribution in [-0.2, 0) is 0 Å². The maximum atomic E-state index is 3.72. The maximum absolute atomic E-state index is 3.72. The predicted molar refractivity (Wildman–Crippen MR) is 85.6 cm³/mol. The van der Waals surface area contributed by atoms with Crippen LogP contribution >= 0.6 is 0 Å². The summed E-state index contributed by atoms with van der Waals surface area (Å²) in [6.45, 7) is 16.2. The van der Waals surface area contributed by atoms with Crippen LogP contribution in [0.3, 0.4) is 0 Å². The molecule has 1 N–H and O–H groups in total. The molecule has 1 rings (SSSR count). The van der Waals surface area contributed by atoms with Gasteiger partial charge in [0.2, 0.25) is 0 Å². The molecule has 0 saturated heterocycles. The van der Waals surface area contributed by atoms with Crippen molar-refractivity contribution in [2.24, 2.45) is 5.92 Å². The molecule has 0 aromatic carbocycles. The normalized spacial score (nSPS) is 18.3. The van der Waals surface area contributed by atoms with Crippen LogP contribution in [0.4, 0.5) is 0 Å². The first kappa shape index (κ1) is 17.0. The first-order valence-electron chi connectivity index (χ1n) is 8.34. The van der Waals surface area contributed by atoms with E-state index in [0.29, 0.717) is 0 Å². The molecular weight excluding hydrogens is 232 g/mol. The third kappa shape index (κ3) is 7.31. The van der Waals surface area contributed by atoms with Gasteiger partial charge in [-0.05, 0) is 58.9 Å². The van der Waals surface area contributed by atoms with Crippen molar-refractivity contribution in [3.05, 3.63) is 0 Å². The molecular formula is C17H36N2. The van der Waals surface area contributed by atoms with Crippen LogP contribution in [0.5, 0.6) is 0 Å². The second-order valence-corrected chi connectivity index (χ2v) is 7.72. The second kappa shape index (κ2) is 7.64.